The first-order valence-corrected chi connectivity index (χ1v) is 8.66. The molecule has 2 unspecified atom stereocenters. The Morgan fingerprint density at radius 1 is 1.15 bits per heavy atom. The third-order valence-electron chi connectivity index (χ3n) is 5.95. The molecule has 1 saturated heterocycles. The second-order valence-corrected chi connectivity index (χ2v) is 7.65. The summed E-state index contributed by atoms with van der Waals surface area (Å²) in [5, 5.41) is 3.93. The highest BCUT2D eigenvalue weighted by Crippen LogP contribution is 2.48. The summed E-state index contributed by atoms with van der Waals surface area (Å²) in [5.74, 6) is 1.84. The van der Waals surface area contributed by atoms with Crippen LogP contribution in [0.4, 0.5) is 0 Å². The Morgan fingerprint density at radius 2 is 1.85 bits per heavy atom. The monoisotopic (exact) mass is 280 g/mol. The van der Waals surface area contributed by atoms with Crippen LogP contribution in [0, 0.1) is 11.8 Å². The average molecular weight is 280 g/mol. The molecular formula is C17H32N2O. The number of hydrogen-bond acceptors (Lipinski definition) is 3. The fraction of sp³-hybridized carbons (Fsp3) is 1.00. The fourth-order valence-corrected chi connectivity index (χ4v) is 4.06. The second kappa shape index (κ2) is 5.58. The number of piperazine rings is 1. The summed E-state index contributed by atoms with van der Waals surface area (Å²) >= 11 is 0. The average Bonchev–Trinajstić information content (AvgIpc) is 3.31. The molecule has 0 aromatic heterocycles. The molecule has 0 amide bonds. The van der Waals surface area contributed by atoms with E-state index in [-0.39, 0.29) is 0 Å². The highest BCUT2D eigenvalue weighted by atomic mass is 16.5. The van der Waals surface area contributed by atoms with E-state index in [9.17, 15) is 0 Å². The highest BCUT2D eigenvalue weighted by molar-refractivity contribution is 5.11. The third kappa shape index (κ3) is 2.90. The molecule has 116 valence electrons. The van der Waals surface area contributed by atoms with Crippen molar-refractivity contribution in [3.8, 4) is 0 Å². The smallest absolute Gasteiger partial charge is 0.0478 e. The highest BCUT2D eigenvalue weighted by Gasteiger charge is 2.53. The Kier molecular flexibility index (Phi) is 4.13. The van der Waals surface area contributed by atoms with E-state index >= 15 is 0 Å². The van der Waals surface area contributed by atoms with Crippen LogP contribution in [0.5, 0.6) is 0 Å². The van der Waals surface area contributed by atoms with E-state index in [2.05, 4.69) is 31.0 Å². The van der Waals surface area contributed by atoms with Crippen molar-refractivity contribution in [3.63, 3.8) is 0 Å². The van der Waals surface area contributed by atoms with Crippen LogP contribution in [0.3, 0.4) is 0 Å². The maximum Gasteiger partial charge on any atom is 0.0478 e. The van der Waals surface area contributed by atoms with Gasteiger partial charge in [-0.15, -0.1) is 0 Å². The number of nitrogens with zero attached hydrogens (tertiary/aromatic N) is 1. The minimum Gasteiger partial charge on any atom is -0.382 e. The lowest BCUT2D eigenvalue weighted by Gasteiger charge is -2.53. The molecule has 0 aromatic carbocycles. The number of ether oxygens (including phenoxy) is 1. The zero-order chi connectivity index (χ0) is 14.2. The summed E-state index contributed by atoms with van der Waals surface area (Å²) in [4.78, 5) is 2.80. The molecule has 1 heterocycles. The number of hydrogen-bond donors (Lipinski definition) is 1. The van der Waals surface area contributed by atoms with Gasteiger partial charge < -0.3 is 10.1 Å². The van der Waals surface area contributed by atoms with Crippen LogP contribution in [0.25, 0.3) is 0 Å². The molecule has 1 N–H and O–H groups in total. The molecule has 2 aliphatic carbocycles. The zero-order valence-corrected chi connectivity index (χ0v) is 13.6. The van der Waals surface area contributed by atoms with Crippen LogP contribution >= 0.6 is 0 Å². The van der Waals surface area contributed by atoms with Crippen molar-refractivity contribution in [2.24, 2.45) is 11.8 Å². The van der Waals surface area contributed by atoms with E-state index in [1.165, 1.54) is 51.7 Å². The first kappa shape index (κ1) is 14.8. The van der Waals surface area contributed by atoms with Crippen molar-refractivity contribution in [3.05, 3.63) is 0 Å². The Hall–Kier alpha value is -0.120. The van der Waals surface area contributed by atoms with Gasteiger partial charge in [0.25, 0.3) is 0 Å². The molecule has 0 aromatic rings. The van der Waals surface area contributed by atoms with Crippen LogP contribution in [-0.2, 0) is 4.74 Å². The van der Waals surface area contributed by atoms with E-state index in [1.807, 2.05) is 0 Å². The lowest BCUT2D eigenvalue weighted by atomic mass is 9.83. The molecule has 3 aliphatic rings. The van der Waals surface area contributed by atoms with Crippen molar-refractivity contribution in [2.75, 3.05) is 32.8 Å². The quantitative estimate of drug-likeness (QED) is 0.726. The van der Waals surface area contributed by atoms with Crippen LogP contribution in [0.15, 0.2) is 0 Å². The maximum atomic E-state index is 5.54. The normalized spacial score (nSPS) is 39.1. The minimum absolute atomic E-state index is 0.361. The van der Waals surface area contributed by atoms with Gasteiger partial charge in [-0.1, -0.05) is 0 Å². The SMILES string of the molecule is CCOCCCN1CC(C)(C2CC2)NCC1(C)C1CC1. The molecule has 2 saturated carbocycles. The lowest BCUT2D eigenvalue weighted by molar-refractivity contribution is -0.00661. The van der Waals surface area contributed by atoms with Gasteiger partial charge in [-0.25, -0.2) is 0 Å². The zero-order valence-electron chi connectivity index (χ0n) is 13.6. The Morgan fingerprint density at radius 3 is 2.45 bits per heavy atom. The Balaban J connectivity index is 1.62. The lowest BCUT2D eigenvalue weighted by Crippen LogP contribution is -2.69. The summed E-state index contributed by atoms with van der Waals surface area (Å²) in [5.41, 5.74) is 0.751. The van der Waals surface area contributed by atoms with E-state index in [0.717, 1.165) is 25.0 Å². The Labute approximate surface area is 124 Å². The van der Waals surface area contributed by atoms with E-state index in [1.54, 1.807) is 0 Å². The molecule has 2 atom stereocenters. The van der Waals surface area contributed by atoms with Crippen LogP contribution in [0.2, 0.25) is 0 Å². The number of rotatable bonds is 7. The molecule has 0 bridgehead atoms. The minimum atomic E-state index is 0.361. The molecular weight excluding hydrogens is 248 g/mol. The molecule has 3 heteroatoms. The van der Waals surface area contributed by atoms with Crippen molar-refractivity contribution in [1.82, 2.24) is 10.2 Å². The topological polar surface area (TPSA) is 24.5 Å². The van der Waals surface area contributed by atoms with Crippen LogP contribution in [-0.4, -0.2) is 48.8 Å². The molecule has 3 rings (SSSR count). The first-order chi connectivity index (χ1) is 9.58. The second-order valence-electron chi connectivity index (χ2n) is 7.65. The van der Waals surface area contributed by atoms with Gasteiger partial charge in [-0.05, 0) is 64.7 Å². The molecule has 20 heavy (non-hydrogen) atoms. The predicted molar refractivity (Wildman–Crippen MR) is 82.9 cm³/mol. The summed E-state index contributed by atoms with van der Waals surface area (Å²) in [6.45, 7) is 12.4. The molecule has 3 nitrogen and oxygen atoms in total. The van der Waals surface area contributed by atoms with Crippen molar-refractivity contribution in [2.45, 2.75) is 64.0 Å². The van der Waals surface area contributed by atoms with Crippen LogP contribution in [0.1, 0.15) is 52.9 Å². The van der Waals surface area contributed by atoms with Gasteiger partial charge in [0.1, 0.15) is 0 Å². The Bertz CT molecular complexity index is 340. The van der Waals surface area contributed by atoms with Gasteiger partial charge in [-0.3, -0.25) is 4.90 Å². The fourth-order valence-electron chi connectivity index (χ4n) is 4.06. The van der Waals surface area contributed by atoms with Gasteiger partial charge in [0.05, 0.1) is 0 Å². The van der Waals surface area contributed by atoms with Gasteiger partial charge in [0.2, 0.25) is 0 Å². The van der Waals surface area contributed by atoms with Gasteiger partial charge in [0.15, 0.2) is 0 Å². The maximum absolute atomic E-state index is 5.54. The largest absolute Gasteiger partial charge is 0.382 e. The summed E-state index contributed by atoms with van der Waals surface area (Å²) in [7, 11) is 0. The van der Waals surface area contributed by atoms with Crippen molar-refractivity contribution >= 4 is 0 Å². The third-order valence-corrected chi connectivity index (χ3v) is 5.95. The number of nitrogens with one attached hydrogen (secondary N) is 1. The van der Waals surface area contributed by atoms with Crippen molar-refractivity contribution < 1.29 is 4.74 Å². The van der Waals surface area contributed by atoms with Gasteiger partial charge in [-0.2, -0.15) is 0 Å². The molecule has 1 aliphatic heterocycles. The van der Waals surface area contributed by atoms with Crippen molar-refractivity contribution in [1.29, 1.82) is 0 Å². The van der Waals surface area contributed by atoms with E-state index in [0.29, 0.717) is 11.1 Å². The standard InChI is InChI=1S/C17H32N2O/c1-4-20-11-5-10-19-13-16(2,14-6-7-14)18-12-17(19,3)15-8-9-15/h14-15,18H,4-13H2,1-3H3. The summed E-state index contributed by atoms with van der Waals surface area (Å²) in [6, 6.07) is 0. The molecule has 0 spiro atoms. The molecule has 3 fully saturated rings. The molecule has 0 radical (unpaired) electrons. The van der Waals surface area contributed by atoms with E-state index < -0.39 is 0 Å². The predicted octanol–water partition coefficient (Wildman–Crippen LogP) is 2.66. The van der Waals surface area contributed by atoms with Gasteiger partial charge >= 0.3 is 0 Å². The van der Waals surface area contributed by atoms with Gasteiger partial charge in [0, 0.05) is 43.9 Å². The van der Waals surface area contributed by atoms with Crippen LogP contribution < -0.4 is 5.32 Å². The summed E-state index contributed by atoms with van der Waals surface area (Å²) in [6.07, 6.45) is 6.89. The van der Waals surface area contributed by atoms with E-state index in [4.69, 9.17) is 4.74 Å². The first-order valence-electron chi connectivity index (χ1n) is 8.66. The summed E-state index contributed by atoms with van der Waals surface area (Å²) < 4.78 is 5.54.